The maximum atomic E-state index is 12.5. The maximum absolute atomic E-state index is 12.5. The molecule has 23 heavy (non-hydrogen) atoms. The Morgan fingerprint density at radius 2 is 1.87 bits per heavy atom. The normalized spacial score (nSPS) is 10.3. The zero-order valence-electron chi connectivity index (χ0n) is 12.7. The molecule has 3 rings (SSSR count). The SMILES string of the molecule is CCOc1ccccc1NC(=O)c1ncoc1-c1ccccc1. The summed E-state index contributed by atoms with van der Waals surface area (Å²) in [6, 6.07) is 16.7. The molecular formula is C18H16N2O3. The highest BCUT2D eigenvalue weighted by Crippen LogP contribution is 2.27. The molecule has 0 aliphatic carbocycles. The second-order valence-corrected chi connectivity index (χ2v) is 4.78. The highest BCUT2D eigenvalue weighted by molar-refractivity contribution is 6.07. The average molecular weight is 308 g/mol. The van der Waals surface area contributed by atoms with E-state index in [0.717, 1.165) is 5.56 Å². The van der Waals surface area contributed by atoms with E-state index in [0.29, 0.717) is 23.8 Å². The van der Waals surface area contributed by atoms with Gasteiger partial charge in [-0.3, -0.25) is 4.79 Å². The molecule has 1 N–H and O–H groups in total. The molecule has 116 valence electrons. The summed E-state index contributed by atoms with van der Waals surface area (Å²) in [5.74, 6) is 0.717. The summed E-state index contributed by atoms with van der Waals surface area (Å²) < 4.78 is 10.9. The van der Waals surface area contributed by atoms with Gasteiger partial charge < -0.3 is 14.5 Å². The Hall–Kier alpha value is -3.08. The molecule has 0 saturated carbocycles. The van der Waals surface area contributed by atoms with Gasteiger partial charge in [-0.05, 0) is 19.1 Å². The van der Waals surface area contributed by atoms with Crippen molar-refractivity contribution in [2.75, 3.05) is 11.9 Å². The van der Waals surface area contributed by atoms with Gasteiger partial charge in [-0.25, -0.2) is 4.98 Å². The summed E-state index contributed by atoms with van der Waals surface area (Å²) in [6.45, 7) is 2.41. The minimum atomic E-state index is -0.343. The molecule has 0 aliphatic rings. The van der Waals surface area contributed by atoms with E-state index in [1.807, 2.05) is 49.4 Å². The van der Waals surface area contributed by atoms with E-state index in [-0.39, 0.29) is 11.6 Å². The molecule has 0 atom stereocenters. The number of carbonyl (C=O) groups excluding carboxylic acids is 1. The number of benzene rings is 2. The lowest BCUT2D eigenvalue weighted by Gasteiger charge is -2.10. The molecule has 1 aromatic heterocycles. The van der Waals surface area contributed by atoms with Crippen LogP contribution in [0.4, 0.5) is 5.69 Å². The first kappa shape index (κ1) is 14.8. The number of rotatable bonds is 5. The third kappa shape index (κ3) is 3.23. The minimum Gasteiger partial charge on any atom is -0.492 e. The molecule has 0 aliphatic heterocycles. The summed E-state index contributed by atoms with van der Waals surface area (Å²) in [5.41, 5.74) is 1.64. The Morgan fingerprint density at radius 3 is 2.65 bits per heavy atom. The third-order valence-corrected chi connectivity index (χ3v) is 3.25. The first-order valence-electron chi connectivity index (χ1n) is 7.31. The van der Waals surface area contributed by atoms with Crippen LogP contribution in [0.1, 0.15) is 17.4 Å². The third-order valence-electron chi connectivity index (χ3n) is 3.25. The number of carbonyl (C=O) groups is 1. The fourth-order valence-electron chi connectivity index (χ4n) is 2.24. The number of nitrogens with one attached hydrogen (secondary N) is 1. The standard InChI is InChI=1S/C18H16N2O3/c1-2-22-15-11-7-6-10-14(15)20-18(21)16-17(23-12-19-16)13-8-4-3-5-9-13/h3-12H,2H2,1H3,(H,20,21). The Kier molecular flexibility index (Phi) is 4.38. The van der Waals surface area contributed by atoms with Gasteiger partial charge >= 0.3 is 0 Å². The van der Waals surface area contributed by atoms with Gasteiger partial charge in [-0.1, -0.05) is 42.5 Å². The summed E-state index contributed by atoms with van der Waals surface area (Å²) in [7, 11) is 0. The molecule has 0 radical (unpaired) electrons. The first-order valence-corrected chi connectivity index (χ1v) is 7.31. The van der Waals surface area contributed by atoms with Crippen molar-refractivity contribution in [3.8, 4) is 17.1 Å². The molecule has 1 heterocycles. The number of hydrogen-bond acceptors (Lipinski definition) is 4. The fraction of sp³-hybridized carbons (Fsp3) is 0.111. The number of hydrogen-bond donors (Lipinski definition) is 1. The van der Waals surface area contributed by atoms with Gasteiger partial charge in [0.2, 0.25) is 0 Å². The van der Waals surface area contributed by atoms with E-state index in [1.54, 1.807) is 12.1 Å². The fourth-order valence-corrected chi connectivity index (χ4v) is 2.24. The van der Waals surface area contributed by atoms with E-state index >= 15 is 0 Å². The number of aromatic nitrogens is 1. The molecular weight excluding hydrogens is 292 g/mol. The van der Waals surface area contributed by atoms with Crippen molar-refractivity contribution in [1.82, 2.24) is 4.98 Å². The van der Waals surface area contributed by atoms with Crippen molar-refractivity contribution < 1.29 is 13.9 Å². The monoisotopic (exact) mass is 308 g/mol. The second-order valence-electron chi connectivity index (χ2n) is 4.78. The van der Waals surface area contributed by atoms with Crippen LogP contribution < -0.4 is 10.1 Å². The first-order chi connectivity index (χ1) is 11.3. The van der Waals surface area contributed by atoms with Crippen molar-refractivity contribution in [3.63, 3.8) is 0 Å². The van der Waals surface area contributed by atoms with Gasteiger partial charge in [0.15, 0.2) is 17.8 Å². The van der Waals surface area contributed by atoms with Crippen LogP contribution in [0, 0.1) is 0 Å². The average Bonchev–Trinajstić information content (AvgIpc) is 3.07. The lowest BCUT2D eigenvalue weighted by Crippen LogP contribution is -2.14. The number of nitrogens with zero attached hydrogens (tertiary/aromatic N) is 1. The van der Waals surface area contributed by atoms with Gasteiger partial charge in [0.05, 0.1) is 12.3 Å². The quantitative estimate of drug-likeness (QED) is 0.774. The Bertz CT molecular complexity index is 797. The van der Waals surface area contributed by atoms with Crippen LogP contribution >= 0.6 is 0 Å². The smallest absolute Gasteiger partial charge is 0.278 e. The van der Waals surface area contributed by atoms with Crippen LogP contribution in [0.15, 0.2) is 65.4 Å². The number of oxazole rings is 1. The van der Waals surface area contributed by atoms with Crippen molar-refractivity contribution in [2.45, 2.75) is 6.92 Å². The highest BCUT2D eigenvalue weighted by atomic mass is 16.5. The molecule has 3 aromatic rings. The molecule has 2 aromatic carbocycles. The van der Waals surface area contributed by atoms with Crippen molar-refractivity contribution in [1.29, 1.82) is 0 Å². The van der Waals surface area contributed by atoms with Gasteiger partial charge in [-0.15, -0.1) is 0 Å². The summed E-state index contributed by atoms with van der Waals surface area (Å²) in [6.07, 6.45) is 1.27. The Labute approximate surface area is 133 Å². The lowest BCUT2D eigenvalue weighted by molar-refractivity contribution is 0.102. The van der Waals surface area contributed by atoms with Crippen LogP contribution in [0.3, 0.4) is 0 Å². The zero-order valence-corrected chi connectivity index (χ0v) is 12.7. The number of ether oxygens (including phenoxy) is 1. The molecule has 0 fully saturated rings. The predicted octanol–water partition coefficient (Wildman–Crippen LogP) is 3.99. The lowest BCUT2D eigenvalue weighted by atomic mass is 10.1. The van der Waals surface area contributed by atoms with E-state index in [1.165, 1.54) is 6.39 Å². The minimum absolute atomic E-state index is 0.238. The molecule has 0 saturated heterocycles. The maximum Gasteiger partial charge on any atom is 0.278 e. The molecule has 0 unspecified atom stereocenters. The summed E-state index contributed by atoms with van der Waals surface area (Å²) >= 11 is 0. The molecule has 5 heteroatoms. The highest BCUT2D eigenvalue weighted by Gasteiger charge is 2.19. The van der Waals surface area contributed by atoms with Crippen LogP contribution in [0.25, 0.3) is 11.3 Å². The molecule has 1 amide bonds. The van der Waals surface area contributed by atoms with Gasteiger partial charge in [0, 0.05) is 5.56 Å². The summed E-state index contributed by atoms with van der Waals surface area (Å²) in [4.78, 5) is 16.6. The zero-order chi connectivity index (χ0) is 16.1. The van der Waals surface area contributed by atoms with Crippen LogP contribution in [0.5, 0.6) is 5.75 Å². The second kappa shape index (κ2) is 6.79. The molecule has 5 nitrogen and oxygen atoms in total. The summed E-state index contributed by atoms with van der Waals surface area (Å²) in [5, 5.41) is 2.82. The van der Waals surface area contributed by atoms with E-state index in [4.69, 9.17) is 9.15 Å². The molecule has 0 bridgehead atoms. The van der Waals surface area contributed by atoms with Crippen LogP contribution in [0.2, 0.25) is 0 Å². The number of anilines is 1. The molecule has 0 spiro atoms. The van der Waals surface area contributed by atoms with E-state index in [2.05, 4.69) is 10.3 Å². The van der Waals surface area contributed by atoms with Crippen molar-refractivity contribution in [3.05, 3.63) is 66.7 Å². The van der Waals surface area contributed by atoms with Gasteiger partial charge in [0.25, 0.3) is 5.91 Å². The van der Waals surface area contributed by atoms with Gasteiger partial charge in [-0.2, -0.15) is 0 Å². The number of amides is 1. The van der Waals surface area contributed by atoms with Crippen molar-refractivity contribution in [2.24, 2.45) is 0 Å². The van der Waals surface area contributed by atoms with Crippen LogP contribution in [-0.2, 0) is 0 Å². The Morgan fingerprint density at radius 1 is 1.13 bits per heavy atom. The topological polar surface area (TPSA) is 64.4 Å². The van der Waals surface area contributed by atoms with Crippen molar-refractivity contribution >= 4 is 11.6 Å². The Balaban J connectivity index is 1.87. The van der Waals surface area contributed by atoms with Gasteiger partial charge in [0.1, 0.15) is 5.75 Å². The largest absolute Gasteiger partial charge is 0.492 e. The predicted molar refractivity (Wildman–Crippen MR) is 87.5 cm³/mol. The van der Waals surface area contributed by atoms with E-state index in [9.17, 15) is 4.79 Å². The van der Waals surface area contributed by atoms with E-state index < -0.39 is 0 Å². The number of para-hydroxylation sites is 2. The van der Waals surface area contributed by atoms with Crippen LogP contribution in [-0.4, -0.2) is 17.5 Å².